The van der Waals surface area contributed by atoms with Crippen LogP contribution in [0.3, 0.4) is 0 Å². The van der Waals surface area contributed by atoms with Gasteiger partial charge in [0.2, 0.25) is 0 Å². The molecule has 0 saturated carbocycles. The number of piperidine rings is 1. The SMILES string of the molecule is NC1CCN(c2cncc(-c3n[nH]c4ccc(N5CCOCC5)cc34)n2)CC1. The summed E-state index contributed by atoms with van der Waals surface area (Å²) in [6.07, 6.45) is 5.59. The lowest BCUT2D eigenvalue weighted by molar-refractivity contribution is 0.122. The van der Waals surface area contributed by atoms with E-state index in [0.717, 1.165) is 80.3 Å². The molecule has 4 heterocycles. The molecular weight excluding hydrogens is 354 g/mol. The highest BCUT2D eigenvalue weighted by Gasteiger charge is 2.19. The van der Waals surface area contributed by atoms with Crippen molar-refractivity contribution >= 4 is 22.4 Å². The number of benzene rings is 1. The second kappa shape index (κ2) is 7.37. The molecule has 2 aromatic heterocycles. The van der Waals surface area contributed by atoms with Crippen LogP contribution in [0.15, 0.2) is 30.6 Å². The third kappa shape index (κ3) is 3.29. The Hall–Kier alpha value is -2.71. The zero-order valence-electron chi connectivity index (χ0n) is 15.8. The first-order valence-corrected chi connectivity index (χ1v) is 9.92. The summed E-state index contributed by atoms with van der Waals surface area (Å²) in [5.41, 5.74) is 9.85. The number of aromatic nitrogens is 4. The topological polar surface area (TPSA) is 96.2 Å². The molecule has 2 fully saturated rings. The predicted molar refractivity (Wildman–Crippen MR) is 110 cm³/mol. The highest BCUT2D eigenvalue weighted by Crippen LogP contribution is 2.30. The third-order valence-electron chi connectivity index (χ3n) is 5.65. The fraction of sp³-hybridized carbons (Fsp3) is 0.450. The zero-order valence-corrected chi connectivity index (χ0v) is 15.8. The van der Waals surface area contributed by atoms with Crippen molar-refractivity contribution in [3.8, 4) is 11.4 Å². The van der Waals surface area contributed by atoms with Gasteiger partial charge < -0.3 is 20.3 Å². The number of hydrogen-bond donors (Lipinski definition) is 2. The van der Waals surface area contributed by atoms with Gasteiger partial charge in [-0.3, -0.25) is 10.1 Å². The van der Waals surface area contributed by atoms with Gasteiger partial charge in [-0.25, -0.2) is 4.98 Å². The maximum absolute atomic E-state index is 6.03. The van der Waals surface area contributed by atoms with Crippen LogP contribution in [0.1, 0.15) is 12.8 Å². The minimum absolute atomic E-state index is 0.293. The van der Waals surface area contributed by atoms with Crippen LogP contribution in [0.4, 0.5) is 11.5 Å². The molecule has 5 rings (SSSR count). The number of fused-ring (bicyclic) bond motifs is 1. The molecule has 3 N–H and O–H groups in total. The van der Waals surface area contributed by atoms with E-state index in [4.69, 9.17) is 15.5 Å². The van der Waals surface area contributed by atoms with Gasteiger partial charge in [-0.1, -0.05) is 0 Å². The predicted octanol–water partition coefficient (Wildman–Crippen LogP) is 1.78. The monoisotopic (exact) mass is 379 g/mol. The summed E-state index contributed by atoms with van der Waals surface area (Å²) in [5, 5.41) is 8.74. The van der Waals surface area contributed by atoms with E-state index >= 15 is 0 Å². The standard InChI is InChI=1S/C20H25N7O/c21-14-3-5-27(6-4-14)19-13-22-12-18(23-19)20-16-11-15(1-2-17(16)24-25-20)26-7-9-28-10-8-26/h1-2,11-14H,3-10,21H2,(H,24,25). The molecular formula is C20H25N7O. The Balaban J connectivity index is 1.48. The van der Waals surface area contributed by atoms with Crippen LogP contribution in [0, 0.1) is 0 Å². The second-order valence-corrected chi connectivity index (χ2v) is 7.49. The number of H-pyrrole nitrogens is 1. The fourth-order valence-electron chi connectivity index (χ4n) is 3.97. The van der Waals surface area contributed by atoms with Crippen molar-refractivity contribution in [3.05, 3.63) is 30.6 Å². The first-order chi connectivity index (χ1) is 13.8. The molecule has 0 unspecified atom stereocenters. The molecule has 0 spiro atoms. The highest BCUT2D eigenvalue weighted by molar-refractivity contribution is 5.94. The zero-order chi connectivity index (χ0) is 18.9. The molecule has 2 aliphatic heterocycles. The Bertz CT molecular complexity index is 958. The normalized spacial score (nSPS) is 18.8. The lowest BCUT2D eigenvalue weighted by Crippen LogP contribution is -2.40. The van der Waals surface area contributed by atoms with E-state index in [2.05, 4.69) is 43.2 Å². The van der Waals surface area contributed by atoms with Gasteiger partial charge in [-0.05, 0) is 31.0 Å². The quantitative estimate of drug-likeness (QED) is 0.716. The van der Waals surface area contributed by atoms with Crippen LogP contribution in [-0.4, -0.2) is 65.6 Å². The van der Waals surface area contributed by atoms with Crippen molar-refractivity contribution in [2.24, 2.45) is 5.73 Å². The Morgan fingerprint density at radius 2 is 1.86 bits per heavy atom. The Morgan fingerprint density at radius 3 is 2.68 bits per heavy atom. The first-order valence-electron chi connectivity index (χ1n) is 9.92. The lowest BCUT2D eigenvalue weighted by atomic mass is 10.1. The summed E-state index contributed by atoms with van der Waals surface area (Å²) in [7, 11) is 0. The van der Waals surface area contributed by atoms with Crippen LogP contribution < -0.4 is 15.5 Å². The van der Waals surface area contributed by atoms with Gasteiger partial charge in [-0.2, -0.15) is 5.10 Å². The number of ether oxygens (including phenoxy) is 1. The van der Waals surface area contributed by atoms with E-state index < -0.39 is 0 Å². The average Bonchev–Trinajstić information content (AvgIpc) is 3.18. The number of morpholine rings is 1. The van der Waals surface area contributed by atoms with Crippen LogP contribution in [0.5, 0.6) is 0 Å². The van der Waals surface area contributed by atoms with E-state index in [1.54, 1.807) is 6.20 Å². The number of hydrogen-bond acceptors (Lipinski definition) is 7. The number of rotatable bonds is 3. The largest absolute Gasteiger partial charge is 0.378 e. The highest BCUT2D eigenvalue weighted by atomic mass is 16.5. The van der Waals surface area contributed by atoms with Crippen molar-refractivity contribution in [1.29, 1.82) is 0 Å². The smallest absolute Gasteiger partial charge is 0.147 e. The molecule has 2 aliphatic rings. The summed E-state index contributed by atoms with van der Waals surface area (Å²) in [6.45, 7) is 5.19. The second-order valence-electron chi connectivity index (χ2n) is 7.49. The van der Waals surface area contributed by atoms with Crippen molar-refractivity contribution in [2.45, 2.75) is 18.9 Å². The number of nitrogens with one attached hydrogen (secondary N) is 1. The number of nitrogens with zero attached hydrogens (tertiary/aromatic N) is 5. The van der Waals surface area contributed by atoms with E-state index in [-0.39, 0.29) is 0 Å². The Labute approximate surface area is 163 Å². The summed E-state index contributed by atoms with van der Waals surface area (Å²) in [4.78, 5) is 13.9. The van der Waals surface area contributed by atoms with Crippen molar-refractivity contribution in [3.63, 3.8) is 0 Å². The third-order valence-corrected chi connectivity index (χ3v) is 5.65. The molecule has 1 aromatic carbocycles. The molecule has 0 bridgehead atoms. The lowest BCUT2D eigenvalue weighted by Gasteiger charge is -2.30. The fourth-order valence-corrected chi connectivity index (χ4v) is 3.97. The maximum Gasteiger partial charge on any atom is 0.147 e. The average molecular weight is 379 g/mol. The van der Waals surface area contributed by atoms with Gasteiger partial charge in [0, 0.05) is 43.3 Å². The molecule has 28 heavy (non-hydrogen) atoms. The summed E-state index contributed by atoms with van der Waals surface area (Å²) in [6, 6.07) is 6.70. The summed E-state index contributed by atoms with van der Waals surface area (Å²) >= 11 is 0. The van der Waals surface area contributed by atoms with Crippen molar-refractivity contribution in [2.75, 3.05) is 49.2 Å². The minimum Gasteiger partial charge on any atom is -0.378 e. The maximum atomic E-state index is 6.03. The minimum atomic E-state index is 0.293. The molecule has 0 radical (unpaired) electrons. The van der Waals surface area contributed by atoms with Crippen molar-refractivity contribution < 1.29 is 4.74 Å². The van der Waals surface area contributed by atoms with Gasteiger partial charge in [0.05, 0.1) is 31.1 Å². The Morgan fingerprint density at radius 1 is 1.04 bits per heavy atom. The summed E-state index contributed by atoms with van der Waals surface area (Å²) in [5.74, 6) is 0.893. The summed E-state index contributed by atoms with van der Waals surface area (Å²) < 4.78 is 5.47. The number of aromatic amines is 1. The van der Waals surface area contributed by atoms with Crippen LogP contribution >= 0.6 is 0 Å². The molecule has 0 aliphatic carbocycles. The van der Waals surface area contributed by atoms with Gasteiger partial charge in [0.15, 0.2) is 0 Å². The molecule has 8 nitrogen and oxygen atoms in total. The molecule has 146 valence electrons. The van der Waals surface area contributed by atoms with Gasteiger partial charge >= 0.3 is 0 Å². The van der Waals surface area contributed by atoms with Gasteiger partial charge in [0.1, 0.15) is 17.2 Å². The molecule has 2 saturated heterocycles. The van der Waals surface area contributed by atoms with Crippen LogP contribution in [-0.2, 0) is 4.74 Å². The van der Waals surface area contributed by atoms with E-state index in [1.165, 1.54) is 5.69 Å². The van der Waals surface area contributed by atoms with Gasteiger partial charge in [-0.15, -0.1) is 0 Å². The molecule has 3 aromatic rings. The van der Waals surface area contributed by atoms with Crippen molar-refractivity contribution in [1.82, 2.24) is 20.2 Å². The van der Waals surface area contributed by atoms with E-state index in [1.807, 2.05) is 6.20 Å². The number of anilines is 2. The molecule has 0 amide bonds. The number of nitrogens with two attached hydrogens (primary N) is 1. The molecule has 8 heteroatoms. The Kier molecular flexibility index (Phi) is 4.58. The van der Waals surface area contributed by atoms with E-state index in [9.17, 15) is 0 Å². The first kappa shape index (κ1) is 17.4. The van der Waals surface area contributed by atoms with E-state index in [0.29, 0.717) is 6.04 Å². The van der Waals surface area contributed by atoms with Crippen LogP contribution in [0.2, 0.25) is 0 Å². The molecule has 0 atom stereocenters. The van der Waals surface area contributed by atoms with Crippen LogP contribution in [0.25, 0.3) is 22.3 Å². The van der Waals surface area contributed by atoms with Gasteiger partial charge in [0.25, 0.3) is 0 Å².